The van der Waals surface area contributed by atoms with E-state index in [1.165, 1.54) is 6.07 Å². The lowest BCUT2D eigenvalue weighted by atomic mass is 10.2. The summed E-state index contributed by atoms with van der Waals surface area (Å²) in [6.07, 6.45) is 3.58. The second-order valence-electron chi connectivity index (χ2n) is 4.27. The van der Waals surface area contributed by atoms with Gasteiger partial charge in [0.2, 0.25) is 0 Å². The first-order valence-corrected chi connectivity index (χ1v) is 6.71. The molecule has 2 rings (SSSR count). The average Bonchev–Trinajstić information content (AvgIpc) is 2.80. The zero-order valence-electron chi connectivity index (χ0n) is 10.5. The molecule has 0 unspecified atom stereocenters. The number of anilines is 1. The normalized spacial score (nSPS) is 10.7. The van der Waals surface area contributed by atoms with E-state index < -0.39 is 0 Å². The molecule has 102 valence electrons. The van der Waals surface area contributed by atoms with Crippen LogP contribution < -0.4 is 5.32 Å². The van der Waals surface area contributed by atoms with Crippen molar-refractivity contribution in [2.24, 2.45) is 0 Å². The van der Waals surface area contributed by atoms with Crippen molar-refractivity contribution in [3.8, 4) is 0 Å². The minimum atomic E-state index is -0.288. The van der Waals surface area contributed by atoms with Crippen LogP contribution in [0, 0.1) is 12.7 Å². The van der Waals surface area contributed by atoms with Crippen molar-refractivity contribution < 1.29 is 9.50 Å². The van der Waals surface area contributed by atoms with Crippen LogP contribution in [0.2, 0.25) is 0 Å². The molecule has 0 amide bonds. The Kier molecular flexibility index (Phi) is 4.55. The first-order chi connectivity index (χ1) is 9.10. The molecule has 1 heterocycles. The number of aliphatic hydroxyl groups excluding tert-OH is 1. The van der Waals surface area contributed by atoms with E-state index in [0.29, 0.717) is 17.6 Å². The molecular weight excluding hydrogens is 313 g/mol. The molecule has 4 nitrogen and oxygen atoms in total. The summed E-state index contributed by atoms with van der Waals surface area (Å²) >= 11 is 3.16. The van der Waals surface area contributed by atoms with Crippen molar-refractivity contribution in [3.63, 3.8) is 0 Å². The van der Waals surface area contributed by atoms with Gasteiger partial charge >= 0.3 is 0 Å². The van der Waals surface area contributed by atoms with Crippen LogP contribution in [-0.2, 0) is 13.1 Å². The van der Waals surface area contributed by atoms with Crippen molar-refractivity contribution >= 4 is 21.6 Å². The van der Waals surface area contributed by atoms with Crippen LogP contribution in [0.1, 0.15) is 11.1 Å². The highest BCUT2D eigenvalue weighted by Gasteiger charge is 2.05. The third-order valence-electron chi connectivity index (χ3n) is 2.77. The number of rotatable bonds is 5. The van der Waals surface area contributed by atoms with Gasteiger partial charge < -0.3 is 10.4 Å². The molecule has 0 spiro atoms. The van der Waals surface area contributed by atoms with E-state index in [2.05, 4.69) is 26.3 Å². The minimum absolute atomic E-state index is 0.0611. The topological polar surface area (TPSA) is 50.1 Å². The molecule has 0 bridgehead atoms. The van der Waals surface area contributed by atoms with Crippen molar-refractivity contribution in [2.45, 2.75) is 20.0 Å². The standard InChI is InChI=1S/C13H15BrFN3O/c1-9-4-11(14)12(15)5-13(9)16-6-10-7-17-18(8-10)2-3-19/h4-5,7-8,16,19H,2-3,6H2,1H3. The first kappa shape index (κ1) is 14.0. The Hall–Kier alpha value is -1.40. The lowest BCUT2D eigenvalue weighted by Gasteiger charge is -2.09. The number of aromatic nitrogens is 2. The number of hydrogen-bond acceptors (Lipinski definition) is 3. The number of hydrogen-bond donors (Lipinski definition) is 2. The van der Waals surface area contributed by atoms with Crippen LogP contribution in [0.3, 0.4) is 0 Å². The van der Waals surface area contributed by atoms with Crippen molar-refractivity contribution in [2.75, 3.05) is 11.9 Å². The van der Waals surface area contributed by atoms with Gasteiger partial charge in [-0.25, -0.2) is 4.39 Å². The molecule has 19 heavy (non-hydrogen) atoms. The highest BCUT2D eigenvalue weighted by molar-refractivity contribution is 9.10. The van der Waals surface area contributed by atoms with E-state index in [4.69, 9.17) is 5.11 Å². The van der Waals surface area contributed by atoms with Gasteiger partial charge in [-0.05, 0) is 40.5 Å². The summed E-state index contributed by atoms with van der Waals surface area (Å²) in [4.78, 5) is 0. The highest BCUT2D eigenvalue weighted by atomic mass is 79.9. The van der Waals surface area contributed by atoms with Crippen LogP contribution in [0.5, 0.6) is 0 Å². The van der Waals surface area contributed by atoms with Gasteiger partial charge in [0.05, 0.1) is 23.8 Å². The SMILES string of the molecule is Cc1cc(Br)c(F)cc1NCc1cnn(CCO)c1. The molecule has 1 aromatic heterocycles. The fraction of sp³-hybridized carbons (Fsp3) is 0.308. The minimum Gasteiger partial charge on any atom is -0.394 e. The molecule has 0 saturated carbocycles. The van der Waals surface area contributed by atoms with Gasteiger partial charge in [0.1, 0.15) is 5.82 Å². The third-order valence-corrected chi connectivity index (χ3v) is 3.37. The Balaban J connectivity index is 2.03. The summed E-state index contributed by atoms with van der Waals surface area (Å²) in [5.74, 6) is -0.288. The number of nitrogens with one attached hydrogen (secondary N) is 1. The smallest absolute Gasteiger partial charge is 0.139 e. The lowest BCUT2D eigenvalue weighted by molar-refractivity contribution is 0.269. The van der Waals surface area contributed by atoms with E-state index in [9.17, 15) is 4.39 Å². The van der Waals surface area contributed by atoms with Crippen LogP contribution in [0.15, 0.2) is 29.0 Å². The van der Waals surface area contributed by atoms with E-state index in [1.807, 2.05) is 13.1 Å². The maximum absolute atomic E-state index is 13.5. The zero-order valence-corrected chi connectivity index (χ0v) is 12.1. The van der Waals surface area contributed by atoms with Crippen molar-refractivity contribution in [1.29, 1.82) is 0 Å². The van der Waals surface area contributed by atoms with Gasteiger partial charge in [-0.1, -0.05) is 0 Å². The van der Waals surface area contributed by atoms with Crippen molar-refractivity contribution in [1.82, 2.24) is 9.78 Å². The van der Waals surface area contributed by atoms with Crippen LogP contribution in [0.25, 0.3) is 0 Å². The molecule has 1 aromatic carbocycles. The predicted molar refractivity (Wildman–Crippen MR) is 75.5 cm³/mol. The Labute approximate surface area is 119 Å². The maximum atomic E-state index is 13.5. The summed E-state index contributed by atoms with van der Waals surface area (Å²) < 4.78 is 15.6. The molecular formula is C13H15BrFN3O. The van der Waals surface area contributed by atoms with Crippen LogP contribution >= 0.6 is 15.9 Å². The summed E-state index contributed by atoms with van der Waals surface area (Å²) in [5.41, 5.74) is 2.71. The van der Waals surface area contributed by atoms with Gasteiger partial charge in [-0.15, -0.1) is 0 Å². The Morgan fingerprint density at radius 3 is 3.00 bits per heavy atom. The number of aryl methyl sites for hydroxylation is 1. The van der Waals surface area contributed by atoms with Gasteiger partial charge in [0.15, 0.2) is 0 Å². The van der Waals surface area contributed by atoms with Crippen LogP contribution in [-0.4, -0.2) is 21.5 Å². The van der Waals surface area contributed by atoms with Gasteiger partial charge in [-0.3, -0.25) is 4.68 Å². The number of benzene rings is 1. The number of halogens is 2. The first-order valence-electron chi connectivity index (χ1n) is 5.92. The van der Waals surface area contributed by atoms with Crippen LogP contribution in [0.4, 0.5) is 10.1 Å². The van der Waals surface area contributed by atoms with E-state index in [0.717, 1.165) is 16.8 Å². The monoisotopic (exact) mass is 327 g/mol. The molecule has 0 aliphatic carbocycles. The molecule has 0 fully saturated rings. The fourth-order valence-electron chi connectivity index (χ4n) is 1.76. The van der Waals surface area contributed by atoms with Gasteiger partial charge in [-0.2, -0.15) is 5.10 Å². The summed E-state index contributed by atoms with van der Waals surface area (Å²) in [7, 11) is 0. The maximum Gasteiger partial charge on any atom is 0.139 e. The third kappa shape index (κ3) is 3.54. The van der Waals surface area contributed by atoms with Gasteiger partial charge in [0.25, 0.3) is 0 Å². The van der Waals surface area contributed by atoms with E-state index in [-0.39, 0.29) is 12.4 Å². The van der Waals surface area contributed by atoms with Gasteiger partial charge in [0, 0.05) is 24.0 Å². The van der Waals surface area contributed by atoms with E-state index in [1.54, 1.807) is 16.9 Å². The van der Waals surface area contributed by atoms with Crippen molar-refractivity contribution in [3.05, 3.63) is 45.9 Å². The number of nitrogens with zero attached hydrogens (tertiary/aromatic N) is 2. The molecule has 0 saturated heterocycles. The Bertz CT molecular complexity index is 571. The molecule has 2 N–H and O–H groups in total. The predicted octanol–water partition coefficient (Wildman–Crippen LogP) is 2.70. The number of aliphatic hydroxyl groups is 1. The Morgan fingerprint density at radius 2 is 2.26 bits per heavy atom. The zero-order chi connectivity index (χ0) is 13.8. The summed E-state index contributed by atoms with van der Waals surface area (Å²) in [6.45, 7) is 3.02. The summed E-state index contributed by atoms with van der Waals surface area (Å²) in [5, 5.41) is 16.1. The molecule has 0 aliphatic rings. The summed E-state index contributed by atoms with van der Waals surface area (Å²) in [6, 6.07) is 3.21. The van der Waals surface area contributed by atoms with E-state index >= 15 is 0 Å². The molecule has 2 aromatic rings. The molecule has 0 aliphatic heterocycles. The molecule has 0 atom stereocenters. The quantitative estimate of drug-likeness (QED) is 0.887. The highest BCUT2D eigenvalue weighted by Crippen LogP contribution is 2.24. The second-order valence-corrected chi connectivity index (χ2v) is 5.12. The molecule has 6 heteroatoms. The second kappa shape index (κ2) is 6.16. The average molecular weight is 328 g/mol. The fourth-order valence-corrected chi connectivity index (χ4v) is 2.21. The molecule has 0 radical (unpaired) electrons. The lowest BCUT2D eigenvalue weighted by Crippen LogP contribution is -2.03. The largest absolute Gasteiger partial charge is 0.394 e. The Morgan fingerprint density at radius 1 is 1.47 bits per heavy atom.